The Kier molecular flexibility index (Phi) is 4.97. The van der Waals surface area contributed by atoms with Crippen molar-refractivity contribution in [2.75, 3.05) is 21.3 Å². The molecule has 0 heterocycles. The van der Waals surface area contributed by atoms with E-state index in [4.69, 9.17) is 15.2 Å². The predicted octanol–water partition coefficient (Wildman–Crippen LogP) is 0.628. The quantitative estimate of drug-likeness (QED) is 0.806. The Bertz CT molecular complexity index is 432. The van der Waals surface area contributed by atoms with Gasteiger partial charge >= 0.3 is 0 Å². The highest BCUT2D eigenvalue weighted by Crippen LogP contribution is 2.28. The van der Waals surface area contributed by atoms with Crippen LogP contribution in [-0.2, 0) is 11.2 Å². The van der Waals surface area contributed by atoms with Gasteiger partial charge in [0.15, 0.2) is 0 Å². The molecular formula is C13H20N2O3. The summed E-state index contributed by atoms with van der Waals surface area (Å²) in [4.78, 5) is 11.4. The highest BCUT2D eigenvalue weighted by atomic mass is 16.5. The molecule has 1 rings (SSSR count). The molecule has 18 heavy (non-hydrogen) atoms. The van der Waals surface area contributed by atoms with Crippen molar-refractivity contribution in [3.63, 3.8) is 0 Å². The number of likely N-dealkylation sites (N-methyl/N-ethyl adjacent to an activating group) is 1. The van der Waals surface area contributed by atoms with Gasteiger partial charge in [0.05, 0.1) is 20.3 Å². The first kappa shape index (κ1) is 14.3. The van der Waals surface area contributed by atoms with Crippen LogP contribution in [-0.4, -0.2) is 33.2 Å². The largest absolute Gasteiger partial charge is 0.496 e. The van der Waals surface area contributed by atoms with E-state index >= 15 is 0 Å². The number of rotatable bonds is 5. The first-order valence-electron chi connectivity index (χ1n) is 5.72. The molecule has 5 heteroatoms. The van der Waals surface area contributed by atoms with Crippen molar-refractivity contribution in [3.05, 3.63) is 23.3 Å². The number of carbonyl (C=O) groups excluding carboxylic acids is 1. The first-order chi connectivity index (χ1) is 8.53. The number of ether oxygens (including phenoxy) is 2. The molecule has 1 unspecified atom stereocenters. The van der Waals surface area contributed by atoms with E-state index in [9.17, 15) is 4.79 Å². The lowest BCUT2D eigenvalue weighted by Gasteiger charge is -2.15. The Balaban J connectivity index is 3.03. The maximum atomic E-state index is 11.4. The molecule has 0 aliphatic rings. The van der Waals surface area contributed by atoms with Crippen LogP contribution in [0.1, 0.15) is 11.1 Å². The minimum Gasteiger partial charge on any atom is -0.496 e. The van der Waals surface area contributed by atoms with Crippen LogP contribution in [0.25, 0.3) is 0 Å². The van der Waals surface area contributed by atoms with Crippen LogP contribution in [0.5, 0.6) is 11.5 Å². The maximum Gasteiger partial charge on any atom is 0.237 e. The molecule has 0 saturated heterocycles. The van der Waals surface area contributed by atoms with E-state index < -0.39 is 6.04 Å². The maximum absolute atomic E-state index is 11.4. The predicted molar refractivity (Wildman–Crippen MR) is 70.0 cm³/mol. The second-order valence-electron chi connectivity index (χ2n) is 4.06. The molecule has 0 fully saturated rings. The fourth-order valence-corrected chi connectivity index (χ4v) is 1.79. The number of nitrogens with two attached hydrogens (primary N) is 1. The second-order valence-corrected chi connectivity index (χ2v) is 4.06. The highest BCUT2D eigenvalue weighted by molar-refractivity contribution is 5.81. The zero-order valence-electron chi connectivity index (χ0n) is 11.2. The minimum absolute atomic E-state index is 0.198. The zero-order valence-corrected chi connectivity index (χ0v) is 11.2. The summed E-state index contributed by atoms with van der Waals surface area (Å²) in [5, 5.41) is 2.53. The van der Waals surface area contributed by atoms with Crippen molar-refractivity contribution < 1.29 is 14.3 Å². The van der Waals surface area contributed by atoms with Crippen molar-refractivity contribution in [2.45, 2.75) is 19.4 Å². The fourth-order valence-electron chi connectivity index (χ4n) is 1.79. The summed E-state index contributed by atoms with van der Waals surface area (Å²) in [6.07, 6.45) is 0.402. The molecule has 0 aliphatic carbocycles. The van der Waals surface area contributed by atoms with E-state index in [0.29, 0.717) is 12.2 Å². The van der Waals surface area contributed by atoms with Gasteiger partial charge in [0.1, 0.15) is 11.5 Å². The van der Waals surface area contributed by atoms with Crippen molar-refractivity contribution in [1.29, 1.82) is 0 Å². The van der Waals surface area contributed by atoms with E-state index in [1.54, 1.807) is 21.3 Å². The summed E-state index contributed by atoms with van der Waals surface area (Å²) in [6.45, 7) is 1.93. The molecular weight excluding hydrogens is 232 g/mol. The third-order valence-electron chi connectivity index (χ3n) is 2.82. The Morgan fingerprint density at radius 1 is 1.33 bits per heavy atom. The van der Waals surface area contributed by atoms with Crippen molar-refractivity contribution in [1.82, 2.24) is 5.32 Å². The van der Waals surface area contributed by atoms with Crippen LogP contribution in [0, 0.1) is 6.92 Å². The van der Waals surface area contributed by atoms with Gasteiger partial charge in [-0.15, -0.1) is 0 Å². The molecule has 1 aromatic rings. The van der Waals surface area contributed by atoms with Gasteiger partial charge in [-0.2, -0.15) is 0 Å². The van der Waals surface area contributed by atoms with Crippen LogP contribution >= 0.6 is 0 Å². The lowest BCUT2D eigenvalue weighted by molar-refractivity contribution is -0.121. The number of methoxy groups -OCH3 is 2. The molecule has 0 bridgehead atoms. The van der Waals surface area contributed by atoms with Gasteiger partial charge in [-0.3, -0.25) is 4.79 Å². The fraction of sp³-hybridized carbons (Fsp3) is 0.462. The van der Waals surface area contributed by atoms with Gasteiger partial charge in [-0.1, -0.05) is 0 Å². The van der Waals surface area contributed by atoms with Gasteiger partial charge in [0.2, 0.25) is 5.91 Å². The third kappa shape index (κ3) is 3.13. The molecule has 100 valence electrons. The van der Waals surface area contributed by atoms with Gasteiger partial charge < -0.3 is 20.5 Å². The molecule has 0 radical (unpaired) electrons. The third-order valence-corrected chi connectivity index (χ3v) is 2.82. The van der Waals surface area contributed by atoms with Crippen molar-refractivity contribution in [3.8, 4) is 11.5 Å². The van der Waals surface area contributed by atoms with E-state index in [0.717, 1.165) is 16.9 Å². The number of benzene rings is 1. The first-order valence-corrected chi connectivity index (χ1v) is 5.72. The summed E-state index contributed by atoms with van der Waals surface area (Å²) >= 11 is 0. The average Bonchev–Trinajstić information content (AvgIpc) is 2.38. The number of hydrogen-bond donors (Lipinski definition) is 2. The van der Waals surface area contributed by atoms with E-state index in [2.05, 4.69) is 5.32 Å². The van der Waals surface area contributed by atoms with E-state index in [-0.39, 0.29) is 5.91 Å². The average molecular weight is 252 g/mol. The number of amides is 1. The van der Waals surface area contributed by atoms with Gasteiger partial charge in [0.25, 0.3) is 0 Å². The lowest BCUT2D eigenvalue weighted by atomic mass is 10.0. The van der Waals surface area contributed by atoms with E-state index in [1.165, 1.54) is 0 Å². The Morgan fingerprint density at radius 2 is 1.94 bits per heavy atom. The van der Waals surface area contributed by atoms with Crippen molar-refractivity contribution in [2.24, 2.45) is 5.73 Å². The minimum atomic E-state index is -0.601. The zero-order chi connectivity index (χ0) is 13.7. The number of aryl methyl sites for hydroxylation is 1. The summed E-state index contributed by atoms with van der Waals surface area (Å²) < 4.78 is 10.6. The smallest absolute Gasteiger partial charge is 0.237 e. The normalized spacial score (nSPS) is 11.8. The monoisotopic (exact) mass is 252 g/mol. The number of carbonyl (C=O) groups is 1. The molecule has 5 nitrogen and oxygen atoms in total. The molecule has 0 spiro atoms. The second kappa shape index (κ2) is 6.26. The Labute approximate surface area is 107 Å². The number of hydrogen-bond acceptors (Lipinski definition) is 4. The molecule has 1 atom stereocenters. The molecule has 3 N–H and O–H groups in total. The van der Waals surface area contributed by atoms with Crippen molar-refractivity contribution >= 4 is 5.91 Å². The van der Waals surface area contributed by atoms with E-state index in [1.807, 2.05) is 19.1 Å². The summed E-state index contributed by atoms with van der Waals surface area (Å²) in [6, 6.07) is 3.14. The van der Waals surface area contributed by atoms with Crippen LogP contribution in [0.2, 0.25) is 0 Å². The SMILES string of the molecule is CNC(=O)C(N)Cc1cc(OC)c(C)cc1OC. The van der Waals surface area contributed by atoms with Crippen LogP contribution in [0.15, 0.2) is 12.1 Å². The summed E-state index contributed by atoms with van der Waals surface area (Å²) in [7, 11) is 4.77. The van der Waals surface area contributed by atoms with Crippen LogP contribution < -0.4 is 20.5 Å². The van der Waals surface area contributed by atoms with Gasteiger partial charge in [-0.05, 0) is 30.2 Å². The van der Waals surface area contributed by atoms with Crippen LogP contribution in [0.3, 0.4) is 0 Å². The molecule has 1 amide bonds. The van der Waals surface area contributed by atoms with Gasteiger partial charge in [0, 0.05) is 13.5 Å². The summed E-state index contributed by atoms with van der Waals surface area (Å²) in [5.74, 6) is 1.28. The Morgan fingerprint density at radius 3 is 2.44 bits per heavy atom. The van der Waals surface area contributed by atoms with Gasteiger partial charge in [-0.25, -0.2) is 0 Å². The number of nitrogens with one attached hydrogen (secondary N) is 1. The molecule has 1 aromatic carbocycles. The highest BCUT2D eigenvalue weighted by Gasteiger charge is 2.16. The Hall–Kier alpha value is -1.75. The topological polar surface area (TPSA) is 73.6 Å². The molecule has 0 aliphatic heterocycles. The summed E-state index contributed by atoms with van der Waals surface area (Å²) in [5.41, 5.74) is 7.64. The lowest BCUT2D eigenvalue weighted by Crippen LogP contribution is -2.40. The standard InChI is InChI=1S/C13H20N2O3/c1-8-5-12(18-4)9(7-11(8)17-3)6-10(14)13(16)15-2/h5,7,10H,6,14H2,1-4H3,(H,15,16). The molecule has 0 saturated carbocycles. The molecule has 0 aromatic heterocycles. The van der Waals surface area contributed by atoms with Crippen LogP contribution in [0.4, 0.5) is 0 Å².